The first-order valence-corrected chi connectivity index (χ1v) is 8.07. The maximum Gasteiger partial charge on any atom is 0.344 e. The van der Waals surface area contributed by atoms with E-state index in [0.717, 1.165) is 10.8 Å². The Balaban J connectivity index is 1.47. The van der Waals surface area contributed by atoms with Crippen LogP contribution in [0, 0.1) is 5.92 Å². The maximum atomic E-state index is 12.7. The van der Waals surface area contributed by atoms with Crippen molar-refractivity contribution in [2.45, 2.75) is 24.8 Å². The Kier molecular flexibility index (Phi) is 3.38. The highest BCUT2D eigenvalue weighted by atomic mass is 16.3. The molecule has 2 aromatic rings. The lowest BCUT2D eigenvalue weighted by molar-refractivity contribution is -0.139. The highest BCUT2D eigenvalue weighted by Gasteiger charge is 2.52. The van der Waals surface area contributed by atoms with Crippen molar-refractivity contribution in [3.63, 3.8) is 0 Å². The number of rotatable bonds is 4. The fraction of sp³-hybridized carbons (Fsp3) is 0.278. The van der Waals surface area contributed by atoms with Crippen molar-refractivity contribution in [3.05, 3.63) is 60.1 Å². The highest BCUT2D eigenvalue weighted by Crippen LogP contribution is 2.47. The third-order valence-electron chi connectivity index (χ3n) is 4.80. The van der Waals surface area contributed by atoms with Crippen molar-refractivity contribution in [1.82, 2.24) is 15.8 Å². The van der Waals surface area contributed by atoms with Crippen LogP contribution >= 0.6 is 0 Å². The molecule has 2 heterocycles. The molecule has 25 heavy (non-hydrogen) atoms. The third-order valence-corrected chi connectivity index (χ3v) is 4.80. The number of hydrazine groups is 1. The SMILES string of the molecule is C[C@]1(c2ccccc2)NC(=O)N(NC(=O)[C@@H]2C[C@@H]2c2ccco2)C1=O. The number of carbonyl (C=O) groups excluding carboxylic acids is 3. The summed E-state index contributed by atoms with van der Waals surface area (Å²) in [5.41, 5.74) is 1.91. The van der Waals surface area contributed by atoms with Gasteiger partial charge in [0, 0.05) is 5.92 Å². The Labute approximate surface area is 144 Å². The second-order valence-electron chi connectivity index (χ2n) is 6.50. The molecule has 1 aliphatic carbocycles. The van der Waals surface area contributed by atoms with Gasteiger partial charge in [0.1, 0.15) is 11.3 Å². The average molecular weight is 339 g/mol. The van der Waals surface area contributed by atoms with Crippen molar-refractivity contribution in [2.75, 3.05) is 0 Å². The minimum Gasteiger partial charge on any atom is -0.469 e. The summed E-state index contributed by atoms with van der Waals surface area (Å²) in [6, 6.07) is 11.9. The third kappa shape index (κ3) is 2.48. The molecular formula is C18H17N3O4. The minimum atomic E-state index is -1.20. The molecule has 2 N–H and O–H groups in total. The zero-order valence-electron chi connectivity index (χ0n) is 13.6. The zero-order chi connectivity index (χ0) is 17.6. The molecule has 3 atom stereocenters. The van der Waals surface area contributed by atoms with Crippen LogP contribution in [0.15, 0.2) is 53.1 Å². The molecule has 2 fully saturated rings. The average Bonchev–Trinajstić information content (AvgIpc) is 3.17. The summed E-state index contributed by atoms with van der Waals surface area (Å²) in [6.45, 7) is 1.62. The molecule has 0 bridgehead atoms. The fourth-order valence-corrected chi connectivity index (χ4v) is 3.20. The van der Waals surface area contributed by atoms with Gasteiger partial charge in [-0.2, -0.15) is 5.01 Å². The molecule has 7 heteroatoms. The molecule has 1 saturated heterocycles. The van der Waals surface area contributed by atoms with E-state index in [1.807, 2.05) is 12.1 Å². The van der Waals surface area contributed by atoms with E-state index in [2.05, 4.69) is 10.7 Å². The van der Waals surface area contributed by atoms with E-state index in [4.69, 9.17) is 4.42 Å². The first kappa shape index (κ1) is 15.4. The summed E-state index contributed by atoms with van der Waals surface area (Å²) in [7, 11) is 0. The van der Waals surface area contributed by atoms with Gasteiger partial charge in [0.05, 0.1) is 12.2 Å². The molecule has 2 aliphatic rings. The Morgan fingerprint density at radius 3 is 2.68 bits per heavy atom. The summed E-state index contributed by atoms with van der Waals surface area (Å²) in [5, 5.41) is 3.42. The van der Waals surface area contributed by atoms with Gasteiger partial charge in [-0.25, -0.2) is 4.79 Å². The second-order valence-corrected chi connectivity index (χ2v) is 6.50. The maximum absolute atomic E-state index is 12.7. The van der Waals surface area contributed by atoms with Gasteiger partial charge >= 0.3 is 6.03 Å². The normalized spacial score (nSPS) is 28.0. The van der Waals surface area contributed by atoms with Crippen LogP contribution in [0.25, 0.3) is 0 Å². The van der Waals surface area contributed by atoms with Gasteiger partial charge in [-0.1, -0.05) is 30.3 Å². The summed E-state index contributed by atoms with van der Waals surface area (Å²) in [4.78, 5) is 37.3. The summed E-state index contributed by atoms with van der Waals surface area (Å²) >= 11 is 0. The van der Waals surface area contributed by atoms with Gasteiger partial charge in [0.25, 0.3) is 5.91 Å². The van der Waals surface area contributed by atoms with Gasteiger partial charge in [0.2, 0.25) is 5.91 Å². The van der Waals surface area contributed by atoms with E-state index in [9.17, 15) is 14.4 Å². The van der Waals surface area contributed by atoms with Gasteiger partial charge in [-0.15, -0.1) is 0 Å². The van der Waals surface area contributed by atoms with Crippen LogP contribution in [-0.4, -0.2) is 22.9 Å². The lowest BCUT2D eigenvalue weighted by atomic mass is 9.92. The van der Waals surface area contributed by atoms with Crippen LogP contribution in [-0.2, 0) is 15.1 Å². The molecule has 0 spiro atoms. The van der Waals surface area contributed by atoms with Crippen molar-refractivity contribution < 1.29 is 18.8 Å². The smallest absolute Gasteiger partial charge is 0.344 e. The number of nitrogens with zero attached hydrogens (tertiary/aromatic N) is 1. The standard InChI is InChI=1S/C18H17N3O4/c1-18(11-6-3-2-4-7-11)16(23)21(17(24)19-18)20-15(22)13-10-12(13)14-8-5-9-25-14/h2-9,12-13H,10H2,1H3,(H,19,24)(H,20,22)/t12-,13+,18+/m0/s1. The van der Waals surface area contributed by atoms with Crippen molar-refractivity contribution in [1.29, 1.82) is 0 Å². The number of amides is 4. The topological polar surface area (TPSA) is 91.7 Å². The van der Waals surface area contributed by atoms with Gasteiger partial charge in [0.15, 0.2) is 0 Å². The predicted molar refractivity (Wildman–Crippen MR) is 86.9 cm³/mol. The summed E-state index contributed by atoms with van der Waals surface area (Å²) < 4.78 is 5.30. The number of furan rings is 1. The van der Waals surface area contributed by atoms with Gasteiger partial charge in [-0.05, 0) is 31.0 Å². The second kappa shape index (κ2) is 5.47. The van der Waals surface area contributed by atoms with Crippen molar-refractivity contribution >= 4 is 17.8 Å². The highest BCUT2D eigenvalue weighted by molar-refractivity contribution is 6.08. The Hall–Kier alpha value is -3.09. The fourth-order valence-electron chi connectivity index (χ4n) is 3.20. The van der Waals surface area contributed by atoms with E-state index in [1.54, 1.807) is 43.5 Å². The number of imide groups is 1. The van der Waals surface area contributed by atoms with Crippen LogP contribution in [0.2, 0.25) is 0 Å². The molecule has 1 aromatic heterocycles. The number of hydrogen-bond acceptors (Lipinski definition) is 4. The Morgan fingerprint density at radius 1 is 1.24 bits per heavy atom. The van der Waals surface area contributed by atoms with Crippen LogP contribution in [0.3, 0.4) is 0 Å². The first-order valence-electron chi connectivity index (χ1n) is 8.07. The largest absolute Gasteiger partial charge is 0.469 e. The molecule has 1 saturated carbocycles. The van der Waals surface area contributed by atoms with E-state index < -0.39 is 17.5 Å². The number of benzene rings is 1. The quantitative estimate of drug-likeness (QED) is 0.832. The summed E-state index contributed by atoms with van der Waals surface area (Å²) in [5.74, 6) is -0.424. The van der Waals surface area contributed by atoms with E-state index >= 15 is 0 Å². The van der Waals surface area contributed by atoms with Crippen molar-refractivity contribution in [2.24, 2.45) is 5.92 Å². The van der Waals surface area contributed by atoms with E-state index in [1.165, 1.54) is 0 Å². The number of nitrogens with one attached hydrogen (secondary N) is 2. The van der Waals surface area contributed by atoms with Crippen LogP contribution in [0.1, 0.15) is 30.6 Å². The first-order chi connectivity index (χ1) is 12.0. The van der Waals surface area contributed by atoms with Crippen LogP contribution in [0.5, 0.6) is 0 Å². The number of hydrogen-bond donors (Lipinski definition) is 2. The van der Waals surface area contributed by atoms with E-state index in [0.29, 0.717) is 12.0 Å². The molecule has 1 aromatic carbocycles. The number of urea groups is 1. The monoisotopic (exact) mass is 339 g/mol. The van der Waals surface area contributed by atoms with Crippen LogP contribution in [0.4, 0.5) is 4.79 Å². The lowest BCUT2D eigenvalue weighted by Gasteiger charge is -2.22. The van der Waals surface area contributed by atoms with Gasteiger partial charge < -0.3 is 9.73 Å². The predicted octanol–water partition coefficient (Wildman–Crippen LogP) is 1.88. The molecule has 4 rings (SSSR count). The van der Waals surface area contributed by atoms with Crippen molar-refractivity contribution in [3.8, 4) is 0 Å². The number of carbonyl (C=O) groups is 3. The lowest BCUT2D eigenvalue weighted by Crippen LogP contribution is -2.48. The molecule has 0 unspecified atom stereocenters. The molecule has 7 nitrogen and oxygen atoms in total. The zero-order valence-corrected chi connectivity index (χ0v) is 13.6. The minimum absolute atomic E-state index is 0.00345. The Bertz CT molecular complexity index is 833. The van der Waals surface area contributed by atoms with Gasteiger partial charge in [-0.3, -0.25) is 15.0 Å². The molecule has 1 aliphatic heterocycles. The summed E-state index contributed by atoms with van der Waals surface area (Å²) in [6.07, 6.45) is 2.20. The molecule has 0 radical (unpaired) electrons. The molecule has 4 amide bonds. The van der Waals surface area contributed by atoms with E-state index in [-0.39, 0.29) is 17.7 Å². The molecular weight excluding hydrogens is 322 g/mol. The molecule has 128 valence electrons. The Morgan fingerprint density at radius 2 is 2.00 bits per heavy atom. The van der Waals surface area contributed by atoms with Crippen LogP contribution < -0.4 is 10.7 Å².